The minimum absolute atomic E-state index is 0.00827. The number of amides is 2. The third-order valence-electron chi connectivity index (χ3n) is 4.95. The first-order valence-electron chi connectivity index (χ1n) is 9.09. The smallest absolute Gasteiger partial charge is 0.354 e. The van der Waals surface area contributed by atoms with Crippen LogP contribution in [0.25, 0.3) is 0 Å². The summed E-state index contributed by atoms with van der Waals surface area (Å²) in [6, 6.07) is 15.9. The van der Waals surface area contributed by atoms with Gasteiger partial charge in [0, 0.05) is 12.5 Å². The standard InChI is InChI=1S/C21H19N3O5/c1-28-16-9-5-8-15(10-16)24-18(25)12-21(20(24)27)11-17(22-23-21)19(26)29-13-14-6-3-2-4-7-14/h2-10,23H,11-13H2,1H3/t21-/m0/s1. The lowest BCUT2D eigenvalue weighted by molar-refractivity contribution is -0.136. The summed E-state index contributed by atoms with van der Waals surface area (Å²) in [6.45, 7) is 0.106. The maximum absolute atomic E-state index is 13.1. The van der Waals surface area contributed by atoms with Crippen LogP contribution in [0.5, 0.6) is 5.75 Å². The van der Waals surface area contributed by atoms with Gasteiger partial charge in [-0.1, -0.05) is 36.4 Å². The van der Waals surface area contributed by atoms with E-state index in [0.717, 1.165) is 10.5 Å². The van der Waals surface area contributed by atoms with Crippen LogP contribution in [0.2, 0.25) is 0 Å². The summed E-state index contributed by atoms with van der Waals surface area (Å²) in [7, 11) is 1.51. The zero-order valence-electron chi connectivity index (χ0n) is 15.8. The van der Waals surface area contributed by atoms with Gasteiger partial charge in [0.15, 0.2) is 0 Å². The van der Waals surface area contributed by atoms with Crippen molar-refractivity contribution < 1.29 is 23.9 Å². The van der Waals surface area contributed by atoms with Crippen LogP contribution in [-0.4, -0.2) is 36.1 Å². The molecule has 2 heterocycles. The molecule has 1 spiro atoms. The molecule has 0 unspecified atom stereocenters. The molecule has 0 bridgehead atoms. The van der Waals surface area contributed by atoms with Crippen molar-refractivity contribution in [2.45, 2.75) is 25.0 Å². The number of carbonyl (C=O) groups excluding carboxylic acids is 3. The molecule has 2 aliphatic rings. The first kappa shape index (κ1) is 18.7. The SMILES string of the molecule is COc1cccc(N2C(=O)C[C@@]3(CC(C(=O)OCc4ccccc4)=NN3)C2=O)c1. The predicted molar refractivity (Wildman–Crippen MR) is 104 cm³/mol. The van der Waals surface area contributed by atoms with E-state index in [4.69, 9.17) is 9.47 Å². The average Bonchev–Trinajstić information content (AvgIpc) is 3.28. The van der Waals surface area contributed by atoms with E-state index < -0.39 is 17.4 Å². The second-order valence-corrected chi connectivity index (χ2v) is 6.90. The molecule has 148 valence electrons. The number of hydrazone groups is 1. The number of imide groups is 1. The van der Waals surface area contributed by atoms with Gasteiger partial charge in [-0.05, 0) is 17.7 Å². The van der Waals surface area contributed by atoms with Gasteiger partial charge < -0.3 is 9.47 Å². The van der Waals surface area contributed by atoms with Crippen molar-refractivity contribution in [3.05, 3.63) is 60.2 Å². The number of hydrogen-bond donors (Lipinski definition) is 1. The quantitative estimate of drug-likeness (QED) is 0.614. The number of benzene rings is 2. The van der Waals surface area contributed by atoms with Crippen molar-refractivity contribution in [1.29, 1.82) is 0 Å². The molecule has 0 radical (unpaired) electrons. The maximum atomic E-state index is 13.1. The number of anilines is 1. The lowest BCUT2D eigenvalue weighted by Crippen LogP contribution is -2.47. The van der Waals surface area contributed by atoms with Crippen molar-refractivity contribution >= 4 is 29.2 Å². The molecule has 8 nitrogen and oxygen atoms in total. The number of rotatable bonds is 5. The van der Waals surface area contributed by atoms with Gasteiger partial charge in [0.05, 0.1) is 19.2 Å². The Morgan fingerprint density at radius 3 is 2.69 bits per heavy atom. The van der Waals surface area contributed by atoms with Crippen LogP contribution < -0.4 is 15.1 Å². The van der Waals surface area contributed by atoms with Crippen molar-refractivity contribution in [3.63, 3.8) is 0 Å². The Bertz CT molecular complexity index is 1000. The highest BCUT2D eigenvalue weighted by molar-refractivity contribution is 6.39. The van der Waals surface area contributed by atoms with E-state index in [1.54, 1.807) is 24.3 Å². The molecular weight excluding hydrogens is 374 g/mol. The maximum Gasteiger partial charge on any atom is 0.354 e. The zero-order chi connectivity index (χ0) is 20.4. The van der Waals surface area contributed by atoms with Gasteiger partial charge >= 0.3 is 5.97 Å². The molecule has 1 fully saturated rings. The summed E-state index contributed by atoms with van der Waals surface area (Å²) in [4.78, 5) is 39.1. The minimum atomic E-state index is -1.26. The van der Waals surface area contributed by atoms with Crippen LogP contribution in [0, 0.1) is 0 Å². The molecule has 0 aliphatic carbocycles. The second-order valence-electron chi connectivity index (χ2n) is 6.90. The van der Waals surface area contributed by atoms with E-state index in [9.17, 15) is 14.4 Å². The molecule has 1 saturated heterocycles. The number of methoxy groups -OCH3 is 1. The third kappa shape index (κ3) is 3.44. The summed E-state index contributed by atoms with van der Waals surface area (Å²) in [5, 5.41) is 4.00. The summed E-state index contributed by atoms with van der Waals surface area (Å²) >= 11 is 0. The van der Waals surface area contributed by atoms with Crippen molar-refractivity contribution in [1.82, 2.24) is 5.43 Å². The number of carbonyl (C=O) groups is 3. The number of nitrogens with one attached hydrogen (secondary N) is 1. The van der Waals surface area contributed by atoms with Crippen molar-refractivity contribution in [2.75, 3.05) is 12.0 Å². The molecule has 1 atom stereocenters. The third-order valence-corrected chi connectivity index (χ3v) is 4.95. The molecule has 2 aromatic rings. The Balaban J connectivity index is 1.45. The highest BCUT2D eigenvalue weighted by Crippen LogP contribution is 2.35. The fraction of sp³-hybridized carbons (Fsp3) is 0.238. The zero-order valence-corrected chi connectivity index (χ0v) is 15.8. The van der Waals surface area contributed by atoms with Gasteiger partial charge in [-0.25, -0.2) is 9.69 Å². The van der Waals surface area contributed by atoms with E-state index in [0.29, 0.717) is 11.4 Å². The second kappa shape index (κ2) is 7.38. The Hall–Kier alpha value is -3.68. The van der Waals surface area contributed by atoms with Crippen LogP contribution in [0.1, 0.15) is 18.4 Å². The molecule has 1 N–H and O–H groups in total. The summed E-state index contributed by atoms with van der Waals surface area (Å²) in [6.07, 6.45) is -0.103. The highest BCUT2D eigenvalue weighted by atomic mass is 16.5. The summed E-state index contributed by atoms with van der Waals surface area (Å²) in [5.74, 6) is -0.904. The molecule has 29 heavy (non-hydrogen) atoms. The number of esters is 1. The summed E-state index contributed by atoms with van der Waals surface area (Å²) < 4.78 is 10.4. The van der Waals surface area contributed by atoms with Crippen LogP contribution in [0.15, 0.2) is 59.7 Å². The molecular formula is C21H19N3O5. The molecule has 0 saturated carbocycles. The van der Waals surface area contributed by atoms with Crippen LogP contribution in [0.4, 0.5) is 5.69 Å². The number of ether oxygens (including phenoxy) is 2. The number of hydrogen-bond acceptors (Lipinski definition) is 7. The molecule has 0 aromatic heterocycles. The molecule has 2 amide bonds. The van der Waals surface area contributed by atoms with Crippen molar-refractivity contribution in [3.8, 4) is 5.75 Å². The van der Waals surface area contributed by atoms with E-state index in [2.05, 4.69) is 10.5 Å². The topological polar surface area (TPSA) is 97.3 Å². The summed E-state index contributed by atoms with van der Waals surface area (Å²) in [5.41, 5.74) is 2.80. The van der Waals surface area contributed by atoms with E-state index >= 15 is 0 Å². The molecule has 8 heteroatoms. The Morgan fingerprint density at radius 2 is 1.93 bits per heavy atom. The monoisotopic (exact) mass is 393 g/mol. The van der Waals surface area contributed by atoms with Crippen LogP contribution in [-0.2, 0) is 25.7 Å². The van der Waals surface area contributed by atoms with E-state index in [1.165, 1.54) is 7.11 Å². The molecule has 2 aromatic carbocycles. The Labute approximate surface area is 167 Å². The van der Waals surface area contributed by atoms with Crippen LogP contribution in [0.3, 0.4) is 0 Å². The van der Waals surface area contributed by atoms with Gasteiger partial charge in [0.1, 0.15) is 23.6 Å². The Kier molecular flexibility index (Phi) is 4.75. The van der Waals surface area contributed by atoms with Gasteiger partial charge in [0.25, 0.3) is 5.91 Å². The fourth-order valence-electron chi connectivity index (χ4n) is 3.44. The molecule has 4 rings (SSSR count). The number of nitrogens with zero attached hydrogens (tertiary/aromatic N) is 2. The highest BCUT2D eigenvalue weighted by Gasteiger charge is 2.56. The minimum Gasteiger partial charge on any atom is -0.497 e. The van der Waals surface area contributed by atoms with Crippen LogP contribution >= 0.6 is 0 Å². The average molecular weight is 393 g/mol. The first-order chi connectivity index (χ1) is 14.0. The van der Waals surface area contributed by atoms with Gasteiger partial charge in [-0.3, -0.25) is 15.0 Å². The first-order valence-corrected chi connectivity index (χ1v) is 9.09. The van der Waals surface area contributed by atoms with E-state index in [1.807, 2.05) is 30.3 Å². The van der Waals surface area contributed by atoms with E-state index in [-0.39, 0.29) is 31.1 Å². The van der Waals surface area contributed by atoms with Gasteiger partial charge in [-0.15, -0.1) is 0 Å². The van der Waals surface area contributed by atoms with Gasteiger partial charge in [-0.2, -0.15) is 5.10 Å². The van der Waals surface area contributed by atoms with Crippen molar-refractivity contribution in [2.24, 2.45) is 5.10 Å². The normalized spacial score (nSPS) is 20.6. The molecule has 2 aliphatic heterocycles. The lowest BCUT2D eigenvalue weighted by atomic mass is 9.93. The van der Waals surface area contributed by atoms with Gasteiger partial charge in [0.2, 0.25) is 5.91 Å². The predicted octanol–water partition coefficient (Wildman–Crippen LogP) is 1.79. The lowest BCUT2D eigenvalue weighted by Gasteiger charge is -2.21. The fourth-order valence-corrected chi connectivity index (χ4v) is 3.44. The Morgan fingerprint density at radius 1 is 1.14 bits per heavy atom. The largest absolute Gasteiger partial charge is 0.497 e.